The summed E-state index contributed by atoms with van der Waals surface area (Å²) in [6, 6.07) is 0. The highest BCUT2D eigenvalue weighted by Gasteiger charge is 2.36. The lowest BCUT2D eigenvalue weighted by Crippen LogP contribution is -2.12. The quantitative estimate of drug-likeness (QED) is 0.663. The predicted octanol–water partition coefficient (Wildman–Crippen LogP) is 4.40. The monoisotopic (exact) mass is 296 g/mol. The second kappa shape index (κ2) is 5.52. The van der Waals surface area contributed by atoms with E-state index in [1.165, 1.54) is 5.38 Å². The van der Waals surface area contributed by atoms with Crippen LogP contribution < -0.4 is 5.73 Å². The highest BCUT2D eigenvalue weighted by molar-refractivity contribution is 7.13. The number of thiazole rings is 1. The molecule has 0 spiro atoms. The molecule has 1 aromatic rings. The lowest BCUT2D eigenvalue weighted by Gasteiger charge is -2.09. The molecule has 0 aromatic carbocycles. The number of hydrogen-bond acceptors (Lipinski definition) is 3. The molecule has 0 unspecified atom stereocenters. The number of allylic oxidation sites excluding steroid dienone is 5. The van der Waals surface area contributed by atoms with E-state index >= 15 is 0 Å². The molecule has 1 heterocycles. The SMILES string of the molecule is C=C/C(=C(F)\C(F)=C(/C)c1csc(N)n1)C(F)(F)F. The Morgan fingerprint density at radius 3 is 2.32 bits per heavy atom. The first-order valence-corrected chi connectivity index (χ1v) is 5.74. The van der Waals surface area contributed by atoms with E-state index in [9.17, 15) is 22.0 Å². The van der Waals surface area contributed by atoms with Crippen molar-refractivity contribution in [3.63, 3.8) is 0 Å². The van der Waals surface area contributed by atoms with E-state index in [4.69, 9.17) is 5.73 Å². The molecule has 0 amide bonds. The third-order valence-electron chi connectivity index (χ3n) is 2.17. The molecule has 19 heavy (non-hydrogen) atoms. The molecule has 0 radical (unpaired) electrons. The van der Waals surface area contributed by atoms with Crippen LogP contribution in [0.3, 0.4) is 0 Å². The molecule has 0 saturated heterocycles. The number of alkyl halides is 3. The van der Waals surface area contributed by atoms with Crippen LogP contribution in [0, 0.1) is 0 Å². The van der Waals surface area contributed by atoms with Gasteiger partial charge in [-0.25, -0.2) is 13.8 Å². The average Bonchev–Trinajstić information content (AvgIpc) is 2.72. The number of anilines is 1. The molecule has 0 aliphatic rings. The number of hydrogen-bond donors (Lipinski definition) is 1. The van der Waals surface area contributed by atoms with Gasteiger partial charge in [0.1, 0.15) is 0 Å². The Kier molecular flexibility index (Phi) is 4.46. The summed E-state index contributed by atoms with van der Waals surface area (Å²) >= 11 is 0.966. The minimum atomic E-state index is -5.02. The molecule has 2 N–H and O–H groups in total. The normalized spacial score (nSPS) is 14.8. The third kappa shape index (κ3) is 3.40. The lowest BCUT2D eigenvalue weighted by atomic mass is 10.1. The highest BCUT2D eigenvalue weighted by atomic mass is 32.1. The van der Waals surface area contributed by atoms with Crippen molar-refractivity contribution in [1.29, 1.82) is 0 Å². The van der Waals surface area contributed by atoms with E-state index in [-0.39, 0.29) is 22.5 Å². The van der Waals surface area contributed by atoms with Gasteiger partial charge in [0, 0.05) is 11.0 Å². The van der Waals surface area contributed by atoms with Crippen molar-refractivity contribution >= 4 is 22.0 Å². The standard InChI is InChI=1S/C11H9F5N2S/c1-3-6(11(14,15)16)9(13)8(12)5(2)7-4-19-10(17)18-7/h3-4H,1H2,2H3,(H2,17,18)/b8-5-,9-6-. The highest BCUT2D eigenvalue weighted by Crippen LogP contribution is 2.35. The Balaban J connectivity index is 3.35. The van der Waals surface area contributed by atoms with E-state index < -0.39 is 23.4 Å². The molecule has 0 bridgehead atoms. The molecule has 2 nitrogen and oxygen atoms in total. The van der Waals surface area contributed by atoms with Crippen molar-refractivity contribution in [3.8, 4) is 0 Å². The smallest absolute Gasteiger partial charge is 0.375 e. The summed E-state index contributed by atoms with van der Waals surface area (Å²) in [5.41, 5.74) is 3.16. The van der Waals surface area contributed by atoms with Crippen LogP contribution in [0.25, 0.3) is 5.57 Å². The summed E-state index contributed by atoms with van der Waals surface area (Å²) in [5, 5.41) is 1.42. The summed E-state index contributed by atoms with van der Waals surface area (Å²) in [5.74, 6) is -3.66. The Morgan fingerprint density at radius 1 is 1.37 bits per heavy atom. The second-order valence-corrected chi connectivity index (χ2v) is 4.33. The number of nitrogens with two attached hydrogens (primary N) is 1. The summed E-state index contributed by atoms with van der Waals surface area (Å²) in [7, 11) is 0. The molecule has 1 rings (SSSR count). The number of aromatic nitrogens is 1. The Hall–Kier alpha value is -1.70. The molecular weight excluding hydrogens is 287 g/mol. The first-order valence-electron chi connectivity index (χ1n) is 4.86. The lowest BCUT2D eigenvalue weighted by molar-refractivity contribution is -0.0899. The third-order valence-corrected chi connectivity index (χ3v) is 2.85. The topological polar surface area (TPSA) is 38.9 Å². The molecule has 8 heteroatoms. The van der Waals surface area contributed by atoms with Gasteiger partial charge >= 0.3 is 6.18 Å². The van der Waals surface area contributed by atoms with Crippen molar-refractivity contribution in [2.24, 2.45) is 0 Å². The summed E-state index contributed by atoms with van der Waals surface area (Å²) in [6.45, 7) is 3.94. The summed E-state index contributed by atoms with van der Waals surface area (Å²) in [4.78, 5) is 3.66. The second-order valence-electron chi connectivity index (χ2n) is 3.44. The molecule has 0 atom stereocenters. The molecule has 0 aliphatic heterocycles. The van der Waals surface area contributed by atoms with Crippen LogP contribution in [0.15, 0.2) is 35.3 Å². The van der Waals surface area contributed by atoms with Crippen LogP contribution in [-0.4, -0.2) is 11.2 Å². The molecular formula is C11H9F5N2S. The number of nitrogens with zero attached hydrogens (tertiary/aromatic N) is 1. The van der Waals surface area contributed by atoms with Gasteiger partial charge in [-0.15, -0.1) is 11.3 Å². The maximum absolute atomic E-state index is 13.7. The van der Waals surface area contributed by atoms with Gasteiger partial charge in [-0.05, 0) is 6.92 Å². The van der Waals surface area contributed by atoms with E-state index in [0.29, 0.717) is 0 Å². The zero-order valence-corrected chi connectivity index (χ0v) is 10.5. The number of nitrogen functional groups attached to an aromatic ring is 1. The van der Waals surface area contributed by atoms with Gasteiger partial charge in [-0.3, -0.25) is 0 Å². The Labute approximate surface area is 109 Å². The van der Waals surface area contributed by atoms with E-state index in [0.717, 1.165) is 18.3 Å². The van der Waals surface area contributed by atoms with Gasteiger partial charge in [0.05, 0.1) is 11.3 Å². The van der Waals surface area contributed by atoms with Crippen molar-refractivity contribution in [3.05, 3.63) is 41.0 Å². The molecule has 104 valence electrons. The summed E-state index contributed by atoms with van der Waals surface area (Å²) < 4.78 is 64.4. The Morgan fingerprint density at radius 2 is 1.95 bits per heavy atom. The van der Waals surface area contributed by atoms with Crippen molar-refractivity contribution in [1.82, 2.24) is 4.98 Å². The van der Waals surface area contributed by atoms with Gasteiger partial charge in [-0.2, -0.15) is 13.2 Å². The van der Waals surface area contributed by atoms with Crippen LogP contribution in [0.1, 0.15) is 12.6 Å². The first kappa shape index (κ1) is 15.4. The van der Waals surface area contributed by atoms with Crippen molar-refractivity contribution in [2.75, 3.05) is 5.73 Å². The predicted molar refractivity (Wildman–Crippen MR) is 64.6 cm³/mol. The zero-order chi connectivity index (χ0) is 14.8. The minimum Gasteiger partial charge on any atom is -0.375 e. The number of halogens is 5. The van der Waals surface area contributed by atoms with Gasteiger partial charge < -0.3 is 5.73 Å². The van der Waals surface area contributed by atoms with Crippen LogP contribution >= 0.6 is 11.3 Å². The number of rotatable bonds is 3. The van der Waals surface area contributed by atoms with Gasteiger partial charge in [-0.1, -0.05) is 12.7 Å². The van der Waals surface area contributed by atoms with Crippen molar-refractivity contribution < 1.29 is 22.0 Å². The zero-order valence-electron chi connectivity index (χ0n) is 9.68. The van der Waals surface area contributed by atoms with Gasteiger partial charge in [0.15, 0.2) is 16.8 Å². The molecule has 0 aliphatic carbocycles. The largest absolute Gasteiger partial charge is 0.419 e. The summed E-state index contributed by atoms with van der Waals surface area (Å²) in [6.07, 6.45) is -4.80. The van der Waals surface area contributed by atoms with Crippen LogP contribution in [0.2, 0.25) is 0 Å². The van der Waals surface area contributed by atoms with E-state index in [2.05, 4.69) is 11.6 Å². The van der Waals surface area contributed by atoms with Crippen LogP contribution in [-0.2, 0) is 0 Å². The average molecular weight is 296 g/mol. The van der Waals surface area contributed by atoms with Gasteiger partial charge in [0.25, 0.3) is 0 Å². The minimum absolute atomic E-state index is 0.0132. The fourth-order valence-corrected chi connectivity index (χ4v) is 1.80. The van der Waals surface area contributed by atoms with E-state index in [1.54, 1.807) is 0 Å². The maximum atomic E-state index is 13.7. The molecule has 0 saturated carbocycles. The van der Waals surface area contributed by atoms with Crippen LogP contribution in [0.5, 0.6) is 0 Å². The van der Waals surface area contributed by atoms with E-state index in [1.807, 2.05) is 0 Å². The van der Waals surface area contributed by atoms with Gasteiger partial charge in [0.2, 0.25) is 0 Å². The van der Waals surface area contributed by atoms with Crippen molar-refractivity contribution in [2.45, 2.75) is 13.1 Å². The van der Waals surface area contributed by atoms with Crippen LogP contribution in [0.4, 0.5) is 27.1 Å². The Bertz CT molecular complexity index is 554. The molecule has 0 fully saturated rings. The maximum Gasteiger partial charge on any atom is 0.419 e. The molecule has 1 aromatic heterocycles. The fourth-order valence-electron chi connectivity index (χ4n) is 1.18. The first-order chi connectivity index (χ1) is 8.68. The fraction of sp³-hybridized carbons (Fsp3) is 0.182.